The van der Waals surface area contributed by atoms with Gasteiger partial charge in [0.15, 0.2) is 17.4 Å². The lowest BCUT2D eigenvalue weighted by molar-refractivity contribution is 0.308. The summed E-state index contributed by atoms with van der Waals surface area (Å²) in [5.74, 6) is -1.29. The zero-order chi connectivity index (χ0) is 17.1. The second-order valence-electron chi connectivity index (χ2n) is 6.92. The maximum atomic E-state index is 13.5. The molecule has 0 aliphatic heterocycles. The number of hydrogen-bond donors (Lipinski definition) is 1. The molecule has 24 heavy (non-hydrogen) atoms. The quantitative estimate of drug-likeness (QED) is 0.686. The van der Waals surface area contributed by atoms with Crippen LogP contribution >= 0.6 is 0 Å². The summed E-state index contributed by atoms with van der Waals surface area (Å²) < 4.78 is 27.0. The second-order valence-corrected chi connectivity index (χ2v) is 6.92. The molecule has 0 spiro atoms. The lowest BCUT2D eigenvalue weighted by atomic mass is 9.77. The maximum absolute atomic E-state index is 13.5. The van der Waals surface area contributed by atoms with Crippen LogP contribution in [0.15, 0.2) is 36.4 Å². The summed E-state index contributed by atoms with van der Waals surface area (Å²) in [6.45, 7) is 2.25. The largest absolute Gasteiger partial charge is 0.503 e. The average Bonchev–Trinajstić information content (AvgIpc) is 2.60. The van der Waals surface area contributed by atoms with Crippen LogP contribution in [0.1, 0.15) is 56.9 Å². The van der Waals surface area contributed by atoms with Gasteiger partial charge in [-0.05, 0) is 66.3 Å². The summed E-state index contributed by atoms with van der Waals surface area (Å²) >= 11 is 0. The van der Waals surface area contributed by atoms with Crippen molar-refractivity contribution in [2.75, 3.05) is 0 Å². The predicted octanol–water partition coefficient (Wildman–Crippen LogP) is 6.41. The van der Waals surface area contributed by atoms with Gasteiger partial charge in [0, 0.05) is 0 Å². The molecule has 0 amide bonds. The molecule has 1 N–H and O–H groups in total. The molecule has 3 rings (SSSR count). The van der Waals surface area contributed by atoms with Crippen LogP contribution in [0.25, 0.3) is 11.1 Å². The summed E-state index contributed by atoms with van der Waals surface area (Å²) in [6.07, 6.45) is 7.66. The maximum Gasteiger partial charge on any atom is 0.187 e. The Labute approximate surface area is 142 Å². The molecule has 1 nitrogen and oxygen atoms in total. The molecule has 2 aromatic rings. The van der Waals surface area contributed by atoms with Gasteiger partial charge in [-0.3, -0.25) is 0 Å². The number of benzene rings is 2. The van der Waals surface area contributed by atoms with Gasteiger partial charge in [0.1, 0.15) is 0 Å². The molecule has 0 atom stereocenters. The Morgan fingerprint density at radius 1 is 0.917 bits per heavy atom. The molecule has 0 aromatic heterocycles. The van der Waals surface area contributed by atoms with Crippen molar-refractivity contribution in [3.8, 4) is 16.9 Å². The normalized spacial score (nSPS) is 21.0. The first-order chi connectivity index (χ1) is 11.6. The first-order valence-electron chi connectivity index (χ1n) is 8.86. The molecule has 2 aromatic carbocycles. The fraction of sp³-hybridized carbons (Fsp3) is 0.429. The van der Waals surface area contributed by atoms with Gasteiger partial charge >= 0.3 is 0 Å². The molecule has 0 unspecified atom stereocenters. The summed E-state index contributed by atoms with van der Waals surface area (Å²) in [4.78, 5) is 0. The Balaban J connectivity index is 1.72. The standard InChI is InChI=1S/C21H24F2O/c1-2-3-14-4-6-15(7-5-14)16-8-10-17(11-9-16)18-12-19(22)21(24)20(23)13-18/h8-15,24H,2-7H2,1H3/t14-,15-. The summed E-state index contributed by atoms with van der Waals surface area (Å²) in [7, 11) is 0. The van der Waals surface area contributed by atoms with E-state index in [1.165, 1.54) is 56.2 Å². The number of aromatic hydroxyl groups is 1. The van der Waals surface area contributed by atoms with Crippen molar-refractivity contribution in [1.29, 1.82) is 0 Å². The fourth-order valence-corrected chi connectivity index (χ4v) is 3.87. The van der Waals surface area contributed by atoms with Crippen LogP contribution in [0.2, 0.25) is 0 Å². The summed E-state index contributed by atoms with van der Waals surface area (Å²) in [5, 5.41) is 9.20. The highest BCUT2D eigenvalue weighted by atomic mass is 19.1. The third kappa shape index (κ3) is 3.61. The Bertz CT molecular complexity index is 662. The number of halogens is 2. The Morgan fingerprint density at radius 3 is 2.04 bits per heavy atom. The van der Waals surface area contributed by atoms with Crippen LogP contribution in [-0.2, 0) is 0 Å². The van der Waals surface area contributed by atoms with E-state index >= 15 is 0 Å². The van der Waals surface area contributed by atoms with Crippen LogP contribution in [0.5, 0.6) is 5.75 Å². The third-order valence-electron chi connectivity index (χ3n) is 5.28. The summed E-state index contributed by atoms with van der Waals surface area (Å²) in [6, 6.07) is 10.3. The van der Waals surface area contributed by atoms with Crippen molar-refractivity contribution in [3.05, 3.63) is 53.6 Å². The molecule has 128 valence electrons. The minimum atomic E-state index is -0.927. The topological polar surface area (TPSA) is 20.2 Å². The lowest BCUT2D eigenvalue weighted by Crippen LogP contribution is -2.13. The highest BCUT2D eigenvalue weighted by Gasteiger charge is 2.21. The Kier molecular flexibility index (Phi) is 5.17. The molecule has 1 saturated carbocycles. The van der Waals surface area contributed by atoms with Crippen LogP contribution < -0.4 is 0 Å². The van der Waals surface area contributed by atoms with Gasteiger partial charge in [-0.25, -0.2) is 8.78 Å². The van der Waals surface area contributed by atoms with Gasteiger partial charge in [-0.15, -0.1) is 0 Å². The third-order valence-corrected chi connectivity index (χ3v) is 5.28. The molecule has 0 bridgehead atoms. The van der Waals surface area contributed by atoms with Gasteiger partial charge in [-0.1, -0.05) is 44.0 Å². The highest BCUT2D eigenvalue weighted by molar-refractivity contribution is 5.65. The molecule has 0 heterocycles. The van der Waals surface area contributed by atoms with Gasteiger partial charge < -0.3 is 5.11 Å². The van der Waals surface area contributed by atoms with Crippen LogP contribution in [-0.4, -0.2) is 5.11 Å². The van der Waals surface area contributed by atoms with E-state index in [0.717, 1.165) is 11.5 Å². The number of rotatable bonds is 4. The molecule has 1 fully saturated rings. The number of phenolic OH excluding ortho intramolecular Hbond substituents is 1. The van der Waals surface area contributed by atoms with Crippen molar-refractivity contribution in [2.45, 2.75) is 51.4 Å². The van der Waals surface area contributed by atoms with Gasteiger partial charge in [-0.2, -0.15) is 0 Å². The van der Waals surface area contributed by atoms with E-state index in [4.69, 9.17) is 0 Å². The molecular formula is C21H24F2O. The van der Waals surface area contributed by atoms with Crippen LogP contribution in [0.3, 0.4) is 0 Å². The van der Waals surface area contributed by atoms with Crippen molar-refractivity contribution < 1.29 is 13.9 Å². The SMILES string of the molecule is CCC[C@H]1CC[C@H](c2ccc(-c3cc(F)c(O)c(F)c3)cc2)CC1. The van der Waals surface area contributed by atoms with E-state index < -0.39 is 17.4 Å². The molecule has 1 aliphatic rings. The van der Waals surface area contributed by atoms with Crippen LogP contribution in [0.4, 0.5) is 8.78 Å². The Morgan fingerprint density at radius 2 is 1.50 bits per heavy atom. The predicted molar refractivity (Wildman–Crippen MR) is 93.1 cm³/mol. The second kappa shape index (κ2) is 7.33. The molecule has 0 saturated heterocycles. The molecule has 3 heteroatoms. The van der Waals surface area contributed by atoms with Crippen molar-refractivity contribution >= 4 is 0 Å². The van der Waals surface area contributed by atoms with E-state index in [9.17, 15) is 13.9 Å². The van der Waals surface area contributed by atoms with E-state index in [1.807, 2.05) is 12.1 Å². The minimum Gasteiger partial charge on any atom is -0.503 e. The van der Waals surface area contributed by atoms with Gasteiger partial charge in [0.05, 0.1) is 0 Å². The first kappa shape index (κ1) is 16.9. The molecule has 0 radical (unpaired) electrons. The van der Waals surface area contributed by atoms with E-state index in [2.05, 4.69) is 19.1 Å². The lowest BCUT2D eigenvalue weighted by Gasteiger charge is -2.28. The first-order valence-corrected chi connectivity index (χ1v) is 8.86. The molecule has 1 aliphatic carbocycles. The zero-order valence-electron chi connectivity index (χ0n) is 14.1. The van der Waals surface area contributed by atoms with Crippen LogP contribution in [0, 0.1) is 17.6 Å². The summed E-state index contributed by atoms with van der Waals surface area (Å²) in [5.41, 5.74) is 2.52. The van der Waals surface area contributed by atoms with E-state index in [0.29, 0.717) is 11.5 Å². The number of phenols is 1. The Hall–Kier alpha value is -1.90. The van der Waals surface area contributed by atoms with Crippen molar-refractivity contribution in [1.82, 2.24) is 0 Å². The highest BCUT2D eigenvalue weighted by Crippen LogP contribution is 2.38. The number of hydrogen-bond acceptors (Lipinski definition) is 1. The fourth-order valence-electron chi connectivity index (χ4n) is 3.87. The van der Waals surface area contributed by atoms with Crippen molar-refractivity contribution in [2.24, 2.45) is 5.92 Å². The molecular weight excluding hydrogens is 306 g/mol. The van der Waals surface area contributed by atoms with Crippen molar-refractivity contribution in [3.63, 3.8) is 0 Å². The van der Waals surface area contributed by atoms with E-state index in [1.54, 1.807) is 0 Å². The van der Waals surface area contributed by atoms with E-state index in [-0.39, 0.29) is 0 Å². The van der Waals surface area contributed by atoms with Gasteiger partial charge in [0.25, 0.3) is 0 Å². The van der Waals surface area contributed by atoms with Gasteiger partial charge in [0.2, 0.25) is 0 Å². The smallest absolute Gasteiger partial charge is 0.187 e. The minimum absolute atomic E-state index is 0.445. The zero-order valence-corrected chi connectivity index (χ0v) is 14.1. The average molecular weight is 330 g/mol. The monoisotopic (exact) mass is 330 g/mol.